The van der Waals surface area contributed by atoms with Crippen molar-refractivity contribution in [2.24, 2.45) is 0 Å². The summed E-state index contributed by atoms with van der Waals surface area (Å²) in [6, 6.07) is 2.96. The van der Waals surface area contributed by atoms with Crippen molar-refractivity contribution in [3.63, 3.8) is 0 Å². The summed E-state index contributed by atoms with van der Waals surface area (Å²) in [6.45, 7) is 2.85. The number of fused-ring (bicyclic) bond motifs is 1. The van der Waals surface area contributed by atoms with Crippen LogP contribution in [0.1, 0.15) is 32.9 Å². The lowest BCUT2D eigenvalue weighted by Gasteiger charge is -2.20. The first-order valence-electron chi connectivity index (χ1n) is 9.29. The quantitative estimate of drug-likeness (QED) is 0.554. The number of hydrogen-bond donors (Lipinski definition) is 4. The van der Waals surface area contributed by atoms with Crippen LogP contribution in [0.5, 0.6) is 0 Å². The Labute approximate surface area is 172 Å². The van der Waals surface area contributed by atoms with Gasteiger partial charge in [-0.1, -0.05) is 0 Å². The number of carbonyl (C=O) groups excluding carboxylic acids is 3. The molecule has 30 heavy (non-hydrogen) atoms. The van der Waals surface area contributed by atoms with Gasteiger partial charge in [-0.15, -0.1) is 0 Å². The van der Waals surface area contributed by atoms with Gasteiger partial charge in [0.1, 0.15) is 11.9 Å². The Kier molecular flexibility index (Phi) is 5.75. The summed E-state index contributed by atoms with van der Waals surface area (Å²) in [6.07, 6.45) is 1.56. The molecular formula is C21H23FN4O4. The first kappa shape index (κ1) is 21.3. The van der Waals surface area contributed by atoms with Crippen molar-refractivity contribution in [3.05, 3.63) is 52.1 Å². The van der Waals surface area contributed by atoms with E-state index in [1.165, 1.54) is 37.2 Å². The van der Waals surface area contributed by atoms with Crippen LogP contribution in [0, 0.1) is 19.7 Å². The topological polar surface area (TPSA) is 115 Å². The van der Waals surface area contributed by atoms with Gasteiger partial charge < -0.3 is 25.6 Å². The van der Waals surface area contributed by atoms with Crippen molar-refractivity contribution in [1.82, 2.24) is 15.2 Å². The van der Waals surface area contributed by atoms with E-state index < -0.39 is 30.3 Å². The van der Waals surface area contributed by atoms with Crippen molar-refractivity contribution in [2.45, 2.75) is 19.9 Å². The second kappa shape index (κ2) is 8.11. The maximum absolute atomic E-state index is 13.7. The smallest absolute Gasteiger partial charge is 0.256 e. The number of aliphatic hydroxyl groups excluding tert-OH is 1. The Bertz CT molecular complexity index is 1070. The molecule has 2 heterocycles. The van der Waals surface area contributed by atoms with Gasteiger partial charge >= 0.3 is 0 Å². The lowest BCUT2D eigenvalue weighted by Crippen LogP contribution is -2.48. The van der Waals surface area contributed by atoms with Gasteiger partial charge in [0.2, 0.25) is 5.91 Å². The lowest BCUT2D eigenvalue weighted by atomic mass is 10.0. The minimum atomic E-state index is -1.07. The predicted molar refractivity (Wildman–Crippen MR) is 110 cm³/mol. The van der Waals surface area contributed by atoms with Gasteiger partial charge in [0.15, 0.2) is 0 Å². The molecule has 9 heteroatoms. The Hall–Kier alpha value is -3.46. The molecule has 8 nitrogen and oxygen atoms in total. The SMILES string of the molecule is Cc1[nH]c(C=C2C(=O)Nc3ccc(F)cc32)c(C)c1C(=O)N[C@H](CO)C(=O)N(C)C. The van der Waals surface area contributed by atoms with Crippen LogP contribution in [-0.4, -0.2) is 59.5 Å². The number of halogens is 1. The summed E-state index contributed by atoms with van der Waals surface area (Å²) < 4.78 is 13.7. The average Bonchev–Trinajstić information content (AvgIpc) is 3.14. The number of hydrogen-bond acceptors (Lipinski definition) is 4. The summed E-state index contributed by atoms with van der Waals surface area (Å²) in [4.78, 5) is 41.5. The van der Waals surface area contributed by atoms with Crippen LogP contribution < -0.4 is 10.6 Å². The van der Waals surface area contributed by atoms with Crippen molar-refractivity contribution >= 4 is 35.1 Å². The number of H-pyrrole nitrogens is 1. The lowest BCUT2D eigenvalue weighted by molar-refractivity contribution is -0.131. The van der Waals surface area contributed by atoms with Crippen molar-refractivity contribution in [2.75, 3.05) is 26.0 Å². The highest BCUT2D eigenvalue weighted by Gasteiger charge is 2.27. The van der Waals surface area contributed by atoms with E-state index in [1.54, 1.807) is 19.9 Å². The predicted octanol–water partition coefficient (Wildman–Crippen LogP) is 1.44. The molecule has 0 radical (unpaired) electrons. The minimum Gasteiger partial charge on any atom is -0.394 e. The number of likely N-dealkylation sites (N-methyl/N-ethyl adjacent to an activating group) is 1. The molecule has 4 N–H and O–H groups in total. The molecule has 0 aliphatic carbocycles. The Morgan fingerprint density at radius 1 is 1.30 bits per heavy atom. The molecule has 1 aliphatic heterocycles. The van der Waals surface area contributed by atoms with Gasteiger partial charge in [0, 0.05) is 36.7 Å². The molecule has 3 amide bonds. The van der Waals surface area contributed by atoms with Crippen LogP contribution in [0.4, 0.5) is 10.1 Å². The average molecular weight is 414 g/mol. The first-order valence-corrected chi connectivity index (χ1v) is 9.29. The number of benzene rings is 1. The zero-order valence-corrected chi connectivity index (χ0v) is 17.1. The molecule has 1 aliphatic rings. The normalized spacial score (nSPS) is 15.0. The summed E-state index contributed by atoms with van der Waals surface area (Å²) in [5.74, 6) is -1.79. The Morgan fingerprint density at radius 3 is 2.63 bits per heavy atom. The van der Waals surface area contributed by atoms with Crippen LogP contribution >= 0.6 is 0 Å². The van der Waals surface area contributed by atoms with E-state index >= 15 is 0 Å². The summed E-state index contributed by atoms with van der Waals surface area (Å²) in [5, 5.41) is 14.7. The molecule has 0 saturated heterocycles. The third-order valence-corrected chi connectivity index (χ3v) is 4.98. The number of aliphatic hydroxyl groups is 1. The number of carbonyl (C=O) groups is 3. The second-order valence-electron chi connectivity index (χ2n) is 7.31. The number of nitrogens with zero attached hydrogens (tertiary/aromatic N) is 1. The van der Waals surface area contributed by atoms with Gasteiger partial charge in [-0.3, -0.25) is 14.4 Å². The fourth-order valence-electron chi connectivity index (χ4n) is 3.43. The second-order valence-corrected chi connectivity index (χ2v) is 7.31. The number of aryl methyl sites for hydroxylation is 1. The number of nitrogens with one attached hydrogen (secondary N) is 3. The van der Waals surface area contributed by atoms with Crippen LogP contribution in [-0.2, 0) is 9.59 Å². The molecule has 1 aromatic heterocycles. The number of amides is 3. The fraction of sp³-hybridized carbons (Fsp3) is 0.286. The van der Waals surface area contributed by atoms with E-state index in [-0.39, 0.29) is 11.5 Å². The van der Waals surface area contributed by atoms with Crippen LogP contribution in [0.25, 0.3) is 11.6 Å². The zero-order chi connectivity index (χ0) is 22.2. The molecule has 0 unspecified atom stereocenters. The molecule has 2 aromatic rings. The fourth-order valence-corrected chi connectivity index (χ4v) is 3.43. The highest BCUT2D eigenvalue weighted by Crippen LogP contribution is 2.34. The summed E-state index contributed by atoms with van der Waals surface area (Å²) in [7, 11) is 3.06. The molecule has 1 aromatic carbocycles. The monoisotopic (exact) mass is 414 g/mol. The molecule has 158 valence electrons. The number of aromatic nitrogens is 1. The Balaban J connectivity index is 1.94. The van der Waals surface area contributed by atoms with Crippen LogP contribution in [0.2, 0.25) is 0 Å². The molecule has 0 fully saturated rings. The van der Waals surface area contributed by atoms with E-state index in [9.17, 15) is 23.9 Å². The van der Waals surface area contributed by atoms with Crippen molar-refractivity contribution < 1.29 is 23.9 Å². The highest BCUT2D eigenvalue weighted by molar-refractivity contribution is 6.34. The first-order chi connectivity index (χ1) is 14.1. The largest absolute Gasteiger partial charge is 0.394 e. The van der Waals surface area contributed by atoms with E-state index in [0.29, 0.717) is 33.8 Å². The van der Waals surface area contributed by atoms with Crippen LogP contribution in [0.3, 0.4) is 0 Å². The number of aromatic amines is 1. The van der Waals surface area contributed by atoms with E-state index in [0.717, 1.165) is 0 Å². The third-order valence-electron chi connectivity index (χ3n) is 4.98. The van der Waals surface area contributed by atoms with E-state index in [1.807, 2.05) is 0 Å². The summed E-state index contributed by atoms with van der Waals surface area (Å²) in [5.41, 5.74) is 3.14. The zero-order valence-electron chi connectivity index (χ0n) is 17.1. The standard InChI is InChI=1S/C21H23FN4O4/c1-10-16(8-14-13-7-12(22)5-6-15(13)24-19(14)28)23-11(2)18(10)20(29)25-17(9-27)21(30)26(3)4/h5-8,17,23,27H,9H2,1-4H3,(H,24,28)(H,25,29)/t17-/m1/s1. The third kappa shape index (κ3) is 3.84. The molecule has 1 atom stereocenters. The van der Waals surface area contributed by atoms with Gasteiger partial charge in [-0.25, -0.2) is 4.39 Å². The molecular weight excluding hydrogens is 391 g/mol. The van der Waals surface area contributed by atoms with Gasteiger partial charge in [-0.05, 0) is 43.7 Å². The highest BCUT2D eigenvalue weighted by atomic mass is 19.1. The van der Waals surface area contributed by atoms with Gasteiger partial charge in [0.05, 0.1) is 17.7 Å². The maximum Gasteiger partial charge on any atom is 0.256 e. The van der Waals surface area contributed by atoms with Gasteiger partial charge in [0.25, 0.3) is 11.8 Å². The molecule has 0 bridgehead atoms. The van der Waals surface area contributed by atoms with Crippen LogP contribution in [0.15, 0.2) is 18.2 Å². The number of anilines is 1. The molecule has 3 rings (SSSR count). The van der Waals surface area contributed by atoms with Crippen molar-refractivity contribution in [1.29, 1.82) is 0 Å². The van der Waals surface area contributed by atoms with E-state index in [4.69, 9.17) is 0 Å². The Morgan fingerprint density at radius 2 is 2.00 bits per heavy atom. The maximum atomic E-state index is 13.7. The van der Waals surface area contributed by atoms with Crippen molar-refractivity contribution in [3.8, 4) is 0 Å². The van der Waals surface area contributed by atoms with E-state index in [2.05, 4.69) is 15.6 Å². The summed E-state index contributed by atoms with van der Waals surface area (Å²) >= 11 is 0. The van der Waals surface area contributed by atoms with Gasteiger partial charge in [-0.2, -0.15) is 0 Å². The minimum absolute atomic E-state index is 0.275. The number of rotatable bonds is 5. The molecule has 0 spiro atoms. The molecule has 0 saturated carbocycles.